The van der Waals surface area contributed by atoms with Crippen LogP contribution in [0.2, 0.25) is 0 Å². The zero-order valence-corrected chi connectivity index (χ0v) is 10.3. The van der Waals surface area contributed by atoms with Crippen LogP contribution in [0.25, 0.3) is 0 Å². The number of hydrogen-bond acceptors (Lipinski definition) is 4. The summed E-state index contributed by atoms with van der Waals surface area (Å²) in [4.78, 5) is 15.9. The summed E-state index contributed by atoms with van der Waals surface area (Å²) in [6.45, 7) is 0.697. The average Bonchev–Trinajstić information content (AvgIpc) is 2.63. The summed E-state index contributed by atoms with van der Waals surface area (Å²) in [7, 11) is 1.86. The maximum Gasteiger partial charge on any atom is 0.223 e. The SMILES string of the molecule is CNc1nc(CCNC(=O)C2CCC2)cs1. The minimum Gasteiger partial charge on any atom is -0.365 e. The van der Waals surface area contributed by atoms with Crippen molar-refractivity contribution in [3.05, 3.63) is 11.1 Å². The first-order valence-corrected chi connectivity index (χ1v) is 6.57. The van der Waals surface area contributed by atoms with Crippen molar-refractivity contribution in [3.8, 4) is 0 Å². The molecule has 0 aromatic carbocycles. The van der Waals surface area contributed by atoms with E-state index in [1.165, 1.54) is 6.42 Å². The van der Waals surface area contributed by atoms with Crippen molar-refractivity contribution in [2.75, 3.05) is 18.9 Å². The van der Waals surface area contributed by atoms with Crippen molar-refractivity contribution in [1.82, 2.24) is 10.3 Å². The Balaban J connectivity index is 1.68. The van der Waals surface area contributed by atoms with Crippen molar-refractivity contribution in [1.29, 1.82) is 0 Å². The van der Waals surface area contributed by atoms with Gasteiger partial charge in [-0.15, -0.1) is 11.3 Å². The molecule has 0 saturated heterocycles. The number of nitrogens with one attached hydrogen (secondary N) is 2. The average molecular weight is 239 g/mol. The molecule has 0 radical (unpaired) electrons. The van der Waals surface area contributed by atoms with Gasteiger partial charge in [-0.2, -0.15) is 0 Å². The predicted octanol–water partition coefficient (Wildman–Crippen LogP) is 1.64. The molecule has 4 nitrogen and oxygen atoms in total. The second-order valence-electron chi connectivity index (χ2n) is 4.06. The molecule has 0 spiro atoms. The van der Waals surface area contributed by atoms with E-state index >= 15 is 0 Å². The molecule has 1 amide bonds. The molecule has 1 fully saturated rings. The standard InChI is InChI=1S/C11H17N3OS/c1-12-11-14-9(7-16-11)5-6-13-10(15)8-3-2-4-8/h7-8H,2-6H2,1H3,(H,12,14)(H,13,15). The van der Waals surface area contributed by atoms with Crippen molar-refractivity contribution >= 4 is 22.4 Å². The van der Waals surface area contributed by atoms with Crippen LogP contribution < -0.4 is 10.6 Å². The molecule has 1 aliphatic rings. The maximum atomic E-state index is 11.5. The molecule has 0 aliphatic heterocycles. The van der Waals surface area contributed by atoms with Gasteiger partial charge in [0.05, 0.1) is 5.69 Å². The first-order valence-electron chi connectivity index (χ1n) is 5.69. The van der Waals surface area contributed by atoms with Crippen LogP contribution in [0.1, 0.15) is 25.0 Å². The monoisotopic (exact) mass is 239 g/mol. The highest BCUT2D eigenvalue weighted by Crippen LogP contribution is 2.26. The van der Waals surface area contributed by atoms with Gasteiger partial charge in [-0.1, -0.05) is 6.42 Å². The lowest BCUT2D eigenvalue weighted by Gasteiger charge is -2.23. The van der Waals surface area contributed by atoms with Gasteiger partial charge in [-0.3, -0.25) is 4.79 Å². The molecule has 2 N–H and O–H groups in total. The van der Waals surface area contributed by atoms with Crippen LogP contribution in [0.5, 0.6) is 0 Å². The Morgan fingerprint density at radius 3 is 3.00 bits per heavy atom. The molecule has 0 unspecified atom stereocenters. The minimum absolute atomic E-state index is 0.218. The van der Waals surface area contributed by atoms with Crippen molar-refractivity contribution in [3.63, 3.8) is 0 Å². The number of hydrogen-bond donors (Lipinski definition) is 2. The van der Waals surface area contributed by atoms with Crippen LogP contribution in [0.3, 0.4) is 0 Å². The van der Waals surface area contributed by atoms with Crippen LogP contribution in [0, 0.1) is 5.92 Å². The highest BCUT2D eigenvalue weighted by atomic mass is 32.1. The molecule has 1 aromatic rings. The summed E-state index contributed by atoms with van der Waals surface area (Å²) in [5.41, 5.74) is 1.04. The minimum atomic E-state index is 0.218. The summed E-state index contributed by atoms with van der Waals surface area (Å²) in [5.74, 6) is 0.499. The van der Waals surface area contributed by atoms with Crippen LogP contribution in [0.15, 0.2) is 5.38 Å². The Kier molecular flexibility index (Phi) is 3.77. The second kappa shape index (κ2) is 5.30. The van der Waals surface area contributed by atoms with Gasteiger partial charge < -0.3 is 10.6 Å². The van der Waals surface area contributed by atoms with Crippen molar-refractivity contribution < 1.29 is 4.79 Å². The summed E-state index contributed by atoms with van der Waals surface area (Å²) in [6, 6.07) is 0. The fourth-order valence-electron chi connectivity index (χ4n) is 1.67. The van der Waals surface area contributed by atoms with E-state index in [0.29, 0.717) is 6.54 Å². The van der Waals surface area contributed by atoms with Crippen LogP contribution in [0.4, 0.5) is 5.13 Å². The van der Waals surface area contributed by atoms with Gasteiger partial charge in [0.2, 0.25) is 5.91 Å². The summed E-state index contributed by atoms with van der Waals surface area (Å²) in [6.07, 6.45) is 4.14. The Bertz CT molecular complexity index is 360. The van der Waals surface area contributed by atoms with Gasteiger partial charge in [0.25, 0.3) is 0 Å². The second-order valence-corrected chi connectivity index (χ2v) is 4.92. The zero-order chi connectivity index (χ0) is 11.4. The predicted molar refractivity (Wildman–Crippen MR) is 65.7 cm³/mol. The van der Waals surface area contributed by atoms with E-state index in [0.717, 1.165) is 30.1 Å². The highest BCUT2D eigenvalue weighted by molar-refractivity contribution is 7.13. The third kappa shape index (κ3) is 2.72. The van der Waals surface area contributed by atoms with E-state index in [4.69, 9.17) is 0 Å². The van der Waals surface area contributed by atoms with E-state index in [1.807, 2.05) is 12.4 Å². The molecule has 0 bridgehead atoms. The number of aromatic nitrogens is 1. The number of anilines is 1. The number of amides is 1. The number of nitrogens with zero attached hydrogens (tertiary/aromatic N) is 1. The highest BCUT2D eigenvalue weighted by Gasteiger charge is 2.24. The fraction of sp³-hybridized carbons (Fsp3) is 0.636. The van der Waals surface area contributed by atoms with Gasteiger partial charge in [0.15, 0.2) is 5.13 Å². The lowest BCUT2D eigenvalue weighted by molar-refractivity contribution is -0.127. The molecular formula is C11H17N3OS. The van der Waals surface area contributed by atoms with Crippen LogP contribution in [-0.2, 0) is 11.2 Å². The Hall–Kier alpha value is -1.10. The van der Waals surface area contributed by atoms with Crippen molar-refractivity contribution in [2.45, 2.75) is 25.7 Å². The van der Waals surface area contributed by atoms with Gasteiger partial charge in [0.1, 0.15) is 0 Å². The topological polar surface area (TPSA) is 54.0 Å². The Morgan fingerprint density at radius 1 is 1.62 bits per heavy atom. The fourth-order valence-corrected chi connectivity index (χ4v) is 2.37. The molecule has 16 heavy (non-hydrogen) atoms. The van der Waals surface area contributed by atoms with Crippen LogP contribution in [-0.4, -0.2) is 24.5 Å². The molecule has 1 heterocycles. The molecule has 2 rings (SSSR count). The van der Waals surface area contributed by atoms with Gasteiger partial charge in [0, 0.05) is 31.3 Å². The zero-order valence-electron chi connectivity index (χ0n) is 9.45. The number of thiazole rings is 1. The molecule has 5 heteroatoms. The third-order valence-corrected chi connectivity index (χ3v) is 3.83. The van der Waals surface area contributed by atoms with Crippen molar-refractivity contribution in [2.24, 2.45) is 5.92 Å². The molecule has 1 saturated carbocycles. The molecule has 1 aliphatic carbocycles. The van der Waals surface area contributed by atoms with Gasteiger partial charge in [-0.25, -0.2) is 4.98 Å². The van der Waals surface area contributed by atoms with E-state index in [9.17, 15) is 4.79 Å². The molecule has 1 aromatic heterocycles. The third-order valence-electron chi connectivity index (χ3n) is 2.92. The normalized spacial score (nSPS) is 15.6. The number of carbonyl (C=O) groups excluding carboxylic acids is 1. The summed E-state index contributed by atoms with van der Waals surface area (Å²) in [5, 5.41) is 8.93. The number of rotatable bonds is 5. The first-order chi connectivity index (χ1) is 7.79. The maximum absolute atomic E-state index is 11.5. The first kappa shape index (κ1) is 11.4. The summed E-state index contributed by atoms with van der Waals surface area (Å²) >= 11 is 1.60. The van der Waals surface area contributed by atoms with Gasteiger partial charge >= 0.3 is 0 Å². The molecule has 88 valence electrons. The number of carbonyl (C=O) groups is 1. The molecule has 0 atom stereocenters. The van der Waals surface area contributed by atoms with E-state index in [2.05, 4.69) is 15.6 Å². The van der Waals surface area contributed by atoms with E-state index in [-0.39, 0.29) is 11.8 Å². The van der Waals surface area contributed by atoms with E-state index in [1.54, 1.807) is 11.3 Å². The largest absolute Gasteiger partial charge is 0.365 e. The quantitative estimate of drug-likeness (QED) is 0.821. The lowest BCUT2D eigenvalue weighted by atomic mass is 9.85. The summed E-state index contributed by atoms with van der Waals surface area (Å²) < 4.78 is 0. The lowest BCUT2D eigenvalue weighted by Crippen LogP contribution is -2.35. The van der Waals surface area contributed by atoms with Crippen LogP contribution >= 0.6 is 11.3 Å². The van der Waals surface area contributed by atoms with Gasteiger partial charge in [-0.05, 0) is 12.8 Å². The van der Waals surface area contributed by atoms with E-state index < -0.39 is 0 Å². The Labute approximate surface area is 99.5 Å². The smallest absolute Gasteiger partial charge is 0.223 e. The molecular weight excluding hydrogens is 222 g/mol. The Morgan fingerprint density at radius 2 is 2.44 bits per heavy atom.